The van der Waals surface area contributed by atoms with Gasteiger partial charge in [0.2, 0.25) is 0 Å². The van der Waals surface area contributed by atoms with E-state index in [1.165, 1.54) is 0 Å². The normalized spacial score (nSPS) is 11.7. The number of aromatic nitrogens is 1. The van der Waals surface area contributed by atoms with Crippen LogP contribution in [0.2, 0.25) is 0 Å². The predicted molar refractivity (Wildman–Crippen MR) is 82.6 cm³/mol. The van der Waals surface area contributed by atoms with Crippen LogP contribution in [-0.2, 0) is 6.42 Å². The van der Waals surface area contributed by atoms with E-state index in [1.807, 2.05) is 36.4 Å². The average Bonchev–Trinajstić information content (AvgIpc) is 2.88. The molecular formula is C17H13NO3. The molecule has 4 aromatic rings. The molecule has 2 heterocycles. The largest absolute Gasteiger partial charge is 0.453 e. The molecule has 0 saturated carbocycles. The van der Waals surface area contributed by atoms with Gasteiger partial charge in [-0.3, -0.25) is 4.79 Å². The van der Waals surface area contributed by atoms with E-state index >= 15 is 0 Å². The zero-order chi connectivity index (χ0) is 14.4. The topological polar surface area (TPSA) is 66.2 Å². The Labute approximate surface area is 119 Å². The number of benzene rings is 2. The Morgan fingerprint density at radius 2 is 1.71 bits per heavy atom. The summed E-state index contributed by atoms with van der Waals surface area (Å²) >= 11 is 0. The number of aliphatic hydroxyl groups excluding tert-OH is 1. The second kappa shape index (κ2) is 4.46. The molecule has 0 bridgehead atoms. The second-order valence-electron chi connectivity index (χ2n) is 5.07. The van der Waals surface area contributed by atoms with Gasteiger partial charge in [-0.05, 0) is 24.1 Å². The van der Waals surface area contributed by atoms with E-state index in [-0.39, 0.29) is 12.2 Å². The van der Waals surface area contributed by atoms with Gasteiger partial charge in [0, 0.05) is 17.4 Å². The maximum absolute atomic E-state index is 12.2. The molecule has 0 amide bonds. The molecule has 4 rings (SSSR count). The van der Waals surface area contributed by atoms with Crippen molar-refractivity contribution in [3.05, 3.63) is 58.4 Å². The molecule has 104 valence electrons. The Hall–Kier alpha value is -2.59. The van der Waals surface area contributed by atoms with Crippen molar-refractivity contribution >= 4 is 32.8 Å². The quantitative estimate of drug-likeness (QED) is 0.593. The SMILES string of the molecule is O=c1[nH]c2c3cccc(CCO)c3oc2c2ccccc12. The molecule has 4 nitrogen and oxygen atoms in total. The van der Waals surface area contributed by atoms with Crippen LogP contribution in [0, 0.1) is 0 Å². The van der Waals surface area contributed by atoms with Gasteiger partial charge in [0.15, 0.2) is 5.58 Å². The second-order valence-corrected chi connectivity index (χ2v) is 5.07. The molecule has 0 unspecified atom stereocenters. The summed E-state index contributed by atoms with van der Waals surface area (Å²) in [5, 5.41) is 11.5. The number of H-pyrrole nitrogens is 1. The number of rotatable bonds is 2. The maximum atomic E-state index is 12.2. The monoisotopic (exact) mass is 279 g/mol. The van der Waals surface area contributed by atoms with Crippen LogP contribution in [0.1, 0.15) is 5.56 Å². The highest BCUT2D eigenvalue weighted by Gasteiger charge is 2.14. The van der Waals surface area contributed by atoms with Gasteiger partial charge in [-0.25, -0.2) is 0 Å². The van der Waals surface area contributed by atoms with Gasteiger partial charge in [-0.15, -0.1) is 0 Å². The Bertz CT molecular complexity index is 1030. The summed E-state index contributed by atoms with van der Waals surface area (Å²) in [5.74, 6) is 0. The van der Waals surface area contributed by atoms with E-state index in [0.717, 1.165) is 21.9 Å². The number of para-hydroxylation sites is 1. The highest BCUT2D eigenvalue weighted by molar-refractivity contribution is 6.12. The minimum atomic E-state index is -0.117. The van der Waals surface area contributed by atoms with E-state index in [2.05, 4.69) is 4.98 Å². The molecule has 0 aliphatic carbocycles. The molecule has 0 aliphatic heterocycles. The third-order valence-corrected chi connectivity index (χ3v) is 3.83. The molecule has 0 radical (unpaired) electrons. The standard InChI is InChI=1S/C17H13NO3/c19-9-8-10-4-3-7-13-14-16(21-15(10)13)11-5-1-2-6-12(11)17(20)18-14/h1-7,19H,8-9H2,(H,18,20). The summed E-state index contributed by atoms with van der Waals surface area (Å²) in [6.45, 7) is 0.0629. The number of hydrogen-bond donors (Lipinski definition) is 2. The highest BCUT2D eigenvalue weighted by atomic mass is 16.3. The summed E-state index contributed by atoms with van der Waals surface area (Å²) in [5.41, 5.74) is 2.96. The lowest BCUT2D eigenvalue weighted by molar-refractivity contribution is 0.299. The Kier molecular flexibility index (Phi) is 2.59. The first-order valence-electron chi connectivity index (χ1n) is 6.85. The zero-order valence-electron chi connectivity index (χ0n) is 11.2. The van der Waals surface area contributed by atoms with Gasteiger partial charge in [-0.2, -0.15) is 0 Å². The maximum Gasteiger partial charge on any atom is 0.256 e. The first kappa shape index (κ1) is 12.2. The highest BCUT2D eigenvalue weighted by Crippen LogP contribution is 2.32. The van der Waals surface area contributed by atoms with Crippen LogP contribution in [0.15, 0.2) is 51.7 Å². The Balaban J connectivity index is 2.24. The van der Waals surface area contributed by atoms with Crippen LogP contribution in [0.25, 0.3) is 32.8 Å². The number of aromatic amines is 1. The van der Waals surface area contributed by atoms with E-state index < -0.39 is 0 Å². The Morgan fingerprint density at radius 1 is 0.952 bits per heavy atom. The van der Waals surface area contributed by atoms with E-state index in [0.29, 0.717) is 22.9 Å². The Morgan fingerprint density at radius 3 is 2.52 bits per heavy atom. The van der Waals surface area contributed by atoms with Crippen LogP contribution < -0.4 is 5.56 Å². The molecule has 21 heavy (non-hydrogen) atoms. The molecule has 4 heteroatoms. The lowest BCUT2D eigenvalue weighted by Crippen LogP contribution is -2.05. The molecule has 0 aliphatic rings. The molecule has 2 aromatic heterocycles. The van der Waals surface area contributed by atoms with Crippen molar-refractivity contribution in [2.75, 3.05) is 6.61 Å². The van der Waals surface area contributed by atoms with Crippen molar-refractivity contribution in [1.82, 2.24) is 4.98 Å². The first-order valence-corrected chi connectivity index (χ1v) is 6.85. The van der Waals surface area contributed by atoms with Crippen molar-refractivity contribution in [3.63, 3.8) is 0 Å². The number of furan rings is 1. The molecule has 0 saturated heterocycles. The lowest BCUT2D eigenvalue weighted by Gasteiger charge is -1.97. The minimum Gasteiger partial charge on any atom is -0.453 e. The van der Waals surface area contributed by atoms with Crippen LogP contribution in [0.5, 0.6) is 0 Å². The zero-order valence-corrected chi connectivity index (χ0v) is 11.2. The number of aliphatic hydroxyl groups is 1. The molecular weight excluding hydrogens is 266 g/mol. The van der Waals surface area contributed by atoms with Crippen LogP contribution in [-0.4, -0.2) is 16.7 Å². The van der Waals surface area contributed by atoms with Gasteiger partial charge in [-0.1, -0.05) is 30.3 Å². The number of pyridine rings is 1. The van der Waals surface area contributed by atoms with Crippen LogP contribution in [0.3, 0.4) is 0 Å². The van der Waals surface area contributed by atoms with Gasteiger partial charge in [0.1, 0.15) is 5.58 Å². The van der Waals surface area contributed by atoms with Crippen molar-refractivity contribution in [2.45, 2.75) is 6.42 Å². The predicted octanol–water partition coefficient (Wildman–Crippen LogP) is 2.96. The smallest absolute Gasteiger partial charge is 0.256 e. The number of nitrogens with one attached hydrogen (secondary N) is 1. The molecule has 0 atom stereocenters. The molecule has 2 aromatic carbocycles. The molecule has 0 fully saturated rings. The fraction of sp³-hybridized carbons (Fsp3) is 0.118. The molecule has 2 N–H and O–H groups in total. The van der Waals surface area contributed by atoms with Crippen LogP contribution in [0.4, 0.5) is 0 Å². The van der Waals surface area contributed by atoms with E-state index in [1.54, 1.807) is 6.07 Å². The summed E-state index contributed by atoms with van der Waals surface area (Å²) in [6.07, 6.45) is 0.527. The lowest BCUT2D eigenvalue weighted by atomic mass is 10.1. The summed E-state index contributed by atoms with van der Waals surface area (Å²) in [7, 11) is 0. The van der Waals surface area contributed by atoms with Gasteiger partial charge >= 0.3 is 0 Å². The number of fused-ring (bicyclic) bond motifs is 5. The molecule has 0 spiro atoms. The van der Waals surface area contributed by atoms with Gasteiger partial charge in [0.05, 0.1) is 10.9 Å². The number of hydrogen-bond acceptors (Lipinski definition) is 3. The average molecular weight is 279 g/mol. The van der Waals surface area contributed by atoms with Gasteiger partial charge in [0.25, 0.3) is 5.56 Å². The summed E-state index contributed by atoms with van der Waals surface area (Å²) in [6, 6.07) is 13.2. The fourth-order valence-electron chi connectivity index (χ4n) is 2.87. The van der Waals surface area contributed by atoms with Gasteiger partial charge < -0.3 is 14.5 Å². The third kappa shape index (κ3) is 1.69. The van der Waals surface area contributed by atoms with Crippen LogP contribution >= 0.6 is 0 Å². The van der Waals surface area contributed by atoms with E-state index in [9.17, 15) is 9.90 Å². The summed E-state index contributed by atoms with van der Waals surface area (Å²) in [4.78, 5) is 15.1. The van der Waals surface area contributed by atoms with Crippen molar-refractivity contribution in [3.8, 4) is 0 Å². The van der Waals surface area contributed by atoms with Crippen molar-refractivity contribution < 1.29 is 9.52 Å². The fourth-order valence-corrected chi connectivity index (χ4v) is 2.87. The minimum absolute atomic E-state index is 0.0629. The van der Waals surface area contributed by atoms with E-state index in [4.69, 9.17) is 4.42 Å². The van der Waals surface area contributed by atoms with Crippen molar-refractivity contribution in [2.24, 2.45) is 0 Å². The summed E-state index contributed by atoms with van der Waals surface area (Å²) < 4.78 is 6.02. The van der Waals surface area contributed by atoms with Crippen molar-refractivity contribution in [1.29, 1.82) is 0 Å². The first-order chi connectivity index (χ1) is 10.3. The third-order valence-electron chi connectivity index (χ3n) is 3.83.